The zero-order valence-corrected chi connectivity index (χ0v) is 18.6. The number of pyridine rings is 2. The summed E-state index contributed by atoms with van der Waals surface area (Å²) in [6.07, 6.45) is 2.77. The van der Waals surface area contributed by atoms with Gasteiger partial charge >= 0.3 is 0 Å². The lowest BCUT2D eigenvalue weighted by molar-refractivity contribution is 0.606. The van der Waals surface area contributed by atoms with Crippen LogP contribution >= 0.6 is 0 Å². The van der Waals surface area contributed by atoms with Crippen molar-refractivity contribution in [3.8, 4) is 11.3 Å². The van der Waals surface area contributed by atoms with Gasteiger partial charge < -0.3 is 9.13 Å². The van der Waals surface area contributed by atoms with Gasteiger partial charge in [0.15, 0.2) is 5.82 Å². The van der Waals surface area contributed by atoms with E-state index in [9.17, 15) is 13.2 Å². The van der Waals surface area contributed by atoms with Crippen LogP contribution in [-0.4, -0.2) is 33.8 Å². The maximum absolute atomic E-state index is 12.1. The molecule has 0 spiro atoms. The third-order valence-corrected chi connectivity index (χ3v) is 5.62. The molecule has 4 aromatic rings. The molecule has 0 saturated heterocycles. The van der Waals surface area contributed by atoms with Gasteiger partial charge in [0.05, 0.1) is 17.5 Å². The second-order valence-electron chi connectivity index (χ2n) is 7.66. The highest BCUT2D eigenvalue weighted by Crippen LogP contribution is 2.29. The molecule has 3 heterocycles. The second kappa shape index (κ2) is 7.66. The molecule has 4 rings (SSSR count). The number of hydrogen-bond donors (Lipinski definition) is 1. The summed E-state index contributed by atoms with van der Waals surface area (Å²) in [4.78, 5) is 21.3. The molecule has 0 bridgehead atoms. The van der Waals surface area contributed by atoms with E-state index in [-0.39, 0.29) is 11.4 Å². The first-order valence-corrected chi connectivity index (χ1v) is 11.6. The number of sulfonamides is 1. The number of benzene rings is 1. The van der Waals surface area contributed by atoms with Gasteiger partial charge in [0.25, 0.3) is 5.56 Å². The Morgan fingerprint density at radius 1 is 1.06 bits per heavy atom. The van der Waals surface area contributed by atoms with Gasteiger partial charge in [0.1, 0.15) is 11.3 Å². The number of imidazole rings is 1. The number of fused-ring (bicyclic) bond motifs is 1. The Kier molecular flexibility index (Phi) is 5.14. The van der Waals surface area contributed by atoms with E-state index < -0.39 is 10.0 Å². The smallest absolute Gasteiger partial charge is 0.253 e. The van der Waals surface area contributed by atoms with Crippen LogP contribution in [0.1, 0.15) is 17.0 Å². The van der Waals surface area contributed by atoms with Gasteiger partial charge in [-0.25, -0.2) is 18.4 Å². The van der Waals surface area contributed by atoms with Crippen molar-refractivity contribution in [1.82, 2.24) is 19.1 Å². The number of aromatic nitrogens is 4. The van der Waals surface area contributed by atoms with Gasteiger partial charge in [-0.3, -0.25) is 9.52 Å². The fourth-order valence-electron chi connectivity index (χ4n) is 3.62. The Hall–Kier alpha value is -3.46. The molecule has 160 valence electrons. The van der Waals surface area contributed by atoms with E-state index in [0.717, 1.165) is 23.2 Å². The largest absolute Gasteiger partial charge is 0.324 e. The molecule has 0 aliphatic carbocycles. The fourth-order valence-corrected chi connectivity index (χ4v) is 4.11. The Bertz CT molecular complexity index is 1430. The van der Waals surface area contributed by atoms with Crippen LogP contribution < -0.4 is 10.3 Å². The molecule has 0 radical (unpaired) electrons. The predicted octanol–water partition coefficient (Wildman–Crippen LogP) is 2.83. The van der Waals surface area contributed by atoms with E-state index in [1.165, 1.54) is 4.57 Å². The molecule has 1 N–H and O–H groups in total. The van der Waals surface area contributed by atoms with Crippen LogP contribution in [0.25, 0.3) is 22.3 Å². The van der Waals surface area contributed by atoms with Crippen LogP contribution in [0.3, 0.4) is 0 Å². The lowest BCUT2D eigenvalue weighted by Crippen LogP contribution is -2.18. The zero-order chi connectivity index (χ0) is 22.3. The van der Waals surface area contributed by atoms with Gasteiger partial charge in [-0.05, 0) is 31.5 Å². The average molecular weight is 438 g/mol. The average Bonchev–Trinajstić information content (AvgIpc) is 3.01. The molecular formula is C22H23N5O3S. The molecule has 0 unspecified atom stereocenters. The molecule has 0 aliphatic rings. The van der Waals surface area contributed by atoms with Gasteiger partial charge in [-0.2, -0.15) is 0 Å². The lowest BCUT2D eigenvalue weighted by atomic mass is 10.1. The molecule has 0 aliphatic heterocycles. The first-order chi connectivity index (χ1) is 14.6. The summed E-state index contributed by atoms with van der Waals surface area (Å²) in [5.74, 6) is 0.905. The lowest BCUT2D eigenvalue weighted by Gasteiger charge is -2.11. The first-order valence-electron chi connectivity index (χ1n) is 9.69. The van der Waals surface area contributed by atoms with Crippen molar-refractivity contribution in [3.63, 3.8) is 0 Å². The standard InChI is InChI=1S/C22H23N5O3S/c1-14-10-17(13-26(3)22(14)28)18-11-19-20(21(24-18)25-31(4,29)30)23-15(2)27(19)12-16-8-6-5-7-9-16/h5-11,13H,12H2,1-4H3,(H,24,25). The van der Waals surface area contributed by atoms with Gasteiger partial charge in [-0.15, -0.1) is 0 Å². The van der Waals surface area contributed by atoms with E-state index in [0.29, 0.717) is 28.9 Å². The predicted molar refractivity (Wildman–Crippen MR) is 122 cm³/mol. The highest BCUT2D eigenvalue weighted by molar-refractivity contribution is 7.92. The highest BCUT2D eigenvalue weighted by Gasteiger charge is 2.18. The van der Waals surface area contributed by atoms with Gasteiger partial charge in [-0.1, -0.05) is 30.3 Å². The summed E-state index contributed by atoms with van der Waals surface area (Å²) in [6.45, 7) is 4.20. The number of anilines is 1. The van der Waals surface area contributed by atoms with Gasteiger partial charge in [0.2, 0.25) is 10.0 Å². The molecule has 0 saturated carbocycles. The molecule has 31 heavy (non-hydrogen) atoms. The van der Waals surface area contributed by atoms with Crippen molar-refractivity contribution in [3.05, 3.63) is 76.0 Å². The molecule has 0 atom stereocenters. The van der Waals surface area contributed by atoms with Crippen molar-refractivity contribution in [1.29, 1.82) is 0 Å². The Balaban J connectivity index is 1.97. The molecule has 8 nitrogen and oxygen atoms in total. The zero-order valence-electron chi connectivity index (χ0n) is 17.7. The van der Waals surface area contributed by atoms with Crippen LogP contribution in [0.2, 0.25) is 0 Å². The topological polar surface area (TPSA) is 98.9 Å². The van der Waals surface area contributed by atoms with Crippen molar-refractivity contribution in [2.45, 2.75) is 20.4 Å². The Morgan fingerprint density at radius 2 is 1.77 bits per heavy atom. The summed E-state index contributed by atoms with van der Waals surface area (Å²) in [5.41, 5.74) is 4.07. The number of aryl methyl sites for hydroxylation is 3. The summed E-state index contributed by atoms with van der Waals surface area (Å²) in [6, 6.07) is 13.6. The number of nitrogens with zero attached hydrogens (tertiary/aromatic N) is 4. The molecule has 9 heteroatoms. The van der Waals surface area contributed by atoms with Crippen LogP contribution in [-0.2, 0) is 23.6 Å². The maximum Gasteiger partial charge on any atom is 0.253 e. The molecule has 1 aromatic carbocycles. The van der Waals surface area contributed by atoms with Crippen LogP contribution in [0.5, 0.6) is 0 Å². The van der Waals surface area contributed by atoms with E-state index in [1.54, 1.807) is 26.2 Å². The Morgan fingerprint density at radius 3 is 2.42 bits per heavy atom. The normalized spacial score (nSPS) is 11.7. The molecule has 3 aromatic heterocycles. The van der Waals surface area contributed by atoms with Crippen LogP contribution in [0, 0.1) is 13.8 Å². The highest BCUT2D eigenvalue weighted by atomic mass is 32.2. The monoisotopic (exact) mass is 437 g/mol. The van der Waals surface area contributed by atoms with Crippen molar-refractivity contribution >= 4 is 26.9 Å². The van der Waals surface area contributed by atoms with E-state index in [2.05, 4.69) is 14.7 Å². The molecular weight excluding hydrogens is 414 g/mol. The van der Waals surface area contributed by atoms with E-state index in [4.69, 9.17) is 0 Å². The third kappa shape index (κ3) is 4.22. The minimum atomic E-state index is -3.57. The summed E-state index contributed by atoms with van der Waals surface area (Å²) >= 11 is 0. The van der Waals surface area contributed by atoms with Gasteiger partial charge in [0, 0.05) is 30.9 Å². The molecule has 0 fully saturated rings. The Labute approximate surface area is 180 Å². The number of hydrogen-bond acceptors (Lipinski definition) is 5. The quantitative estimate of drug-likeness (QED) is 0.518. The van der Waals surface area contributed by atoms with E-state index in [1.807, 2.05) is 47.9 Å². The summed E-state index contributed by atoms with van der Waals surface area (Å²) in [5, 5.41) is 0. The molecule has 0 amide bonds. The number of rotatable bonds is 5. The first kappa shape index (κ1) is 20.8. The summed E-state index contributed by atoms with van der Waals surface area (Å²) in [7, 11) is -1.89. The minimum Gasteiger partial charge on any atom is -0.324 e. The SMILES string of the molecule is Cc1cc(-c2cc3c(nc(C)n3Cc3ccccc3)c(NS(C)(=O)=O)n2)cn(C)c1=O. The van der Waals surface area contributed by atoms with E-state index >= 15 is 0 Å². The second-order valence-corrected chi connectivity index (χ2v) is 9.41. The van der Waals surface area contributed by atoms with Crippen LogP contribution in [0.15, 0.2) is 53.5 Å². The fraction of sp³-hybridized carbons (Fsp3) is 0.227. The summed E-state index contributed by atoms with van der Waals surface area (Å²) < 4.78 is 30.0. The van der Waals surface area contributed by atoms with Crippen molar-refractivity contribution in [2.24, 2.45) is 7.05 Å². The third-order valence-electron chi connectivity index (χ3n) is 5.05. The number of nitrogens with one attached hydrogen (secondary N) is 1. The maximum atomic E-state index is 12.1. The van der Waals surface area contributed by atoms with Crippen molar-refractivity contribution in [2.75, 3.05) is 11.0 Å². The minimum absolute atomic E-state index is 0.0933. The van der Waals surface area contributed by atoms with Crippen molar-refractivity contribution < 1.29 is 8.42 Å². The van der Waals surface area contributed by atoms with Crippen LogP contribution in [0.4, 0.5) is 5.82 Å².